The predicted molar refractivity (Wildman–Crippen MR) is 248 cm³/mol. The highest BCUT2D eigenvalue weighted by atomic mass is 31.2. The number of fused-ring (bicyclic) bond motifs is 2. The van der Waals surface area contributed by atoms with Crippen LogP contribution in [0.5, 0.6) is 80.5 Å². The standard InChI is InChI=1S/C49H48O15P2/c1-9-56-40-23-19-36(54-7)28-46(40)63-66(64-47-29-37(55-8)20-24-41(47)57-10-2)60-43-16-12-14-33-25-32-13-11-15-42(48(32)58-49(33)43)59-65(61-44-26-34(52-5)17-21-38(44)30(3)50)62-45-27-35(53-6)18-22-39(45)31(4)51/h11-24,26-29H,9-10,25H2,1-8H3. The molecule has 344 valence electrons. The Morgan fingerprint density at radius 2 is 0.803 bits per heavy atom. The summed E-state index contributed by atoms with van der Waals surface area (Å²) in [6.45, 7) is 7.29. The molecule has 0 aliphatic carbocycles. The fourth-order valence-electron chi connectivity index (χ4n) is 6.59. The smallest absolute Gasteiger partial charge is 0.497 e. The van der Waals surface area contributed by atoms with Crippen LogP contribution in [0.25, 0.3) is 0 Å². The van der Waals surface area contributed by atoms with E-state index in [-0.39, 0.29) is 45.7 Å². The fourth-order valence-corrected chi connectivity index (χ4v) is 8.65. The van der Waals surface area contributed by atoms with Crippen molar-refractivity contribution in [2.45, 2.75) is 34.1 Å². The van der Waals surface area contributed by atoms with Gasteiger partial charge in [0, 0.05) is 41.8 Å². The number of carbonyl (C=O) groups excluding carboxylic acids is 2. The van der Waals surface area contributed by atoms with Crippen molar-refractivity contribution in [3.63, 3.8) is 0 Å². The van der Waals surface area contributed by atoms with Crippen molar-refractivity contribution < 1.29 is 69.9 Å². The molecule has 15 nitrogen and oxygen atoms in total. The number of hydrogen-bond donors (Lipinski definition) is 0. The molecule has 0 spiro atoms. The number of hydrogen-bond acceptors (Lipinski definition) is 15. The average molecular weight is 939 g/mol. The van der Waals surface area contributed by atoms with Crippen molar-refractivity contribution in [1.82, 2.24) is 0 Å². The fraction of sp³-hybridized carbons (Fsp3) is 0.224. The van der Waals surface area contributed by atoms with Crippen molar-refractivity contribution >= 4 is 28.8 Å². The Labute approximate surface area is 385 Å². The molecule has 0 bridgehead atoms. The maximum atomic E-state index is 12.8. The van der Waals surface area contributed by atoms with Crippen LogP contribution in [-0.2, 0) is 6.42 Å². The van der Waals surface area contributed by atoms with Crippen LogP contribution >= 0.6 is 17.2 Å². The first-order valence-corrected chi connectivity index (χ1v) is 22.8. The average Bonchev–Trinajstić information content (AvgIpc) is 3.32. The Hall–Kier alpha value is -7.08. The zero-order valence-electron chi connectivity index (χ0n) is 37.5. The van der Waals surface area contributed by atoms with Crippen LogP contribution in [-0.4, -0.2) is 53.2 Å². The zero-order chi connectivity index (χ0) is 46.7. The highest BCUT2D eigenvalue weighted by Crippen LogP contribution is 2.55. The highest BCUT2D eigenvalue weighted by Gasteiger charge is 2.32. The molecule has 0 saturated heterocycles. The van der Waals surface area contributed by atoms with E-state index < -0.39 is 17.2 Å². The van der Waals surface area contributed by atoms with Crippen LogP contribution < -0.4 is 60.3 Å². The summed E-state index contributed by atoms with van der Waals surface area (Å²) in [6, 6.07) is 30.8. The minimum atomic E-state index is -2.50. The number of ether oxygens (including phenoxy) is 7. The van der Waals surface area contributed by atoms with E-state index in [1.54, 1.807) is 99.1 Å². The topological polar surface area (TPSA) is 154 Å². The SMILES string of the molecule is CCOc1ccc(OC)cc1OP(Oc1cc(OC)ccc1OCC)Oc1cccc2c1Oc1c(cccc1OP(Oc1cc(OC)ccc1C(C)=O)Oc1cc(OC)ccc1C(C)=O)C2. The van der Waals surface area contributed by atoms with Gasteiger partial charge in [-0.3, -0.25) is 9.59 Å². The molecule has 1 aliphatic heterocycles. The number of methoxy groups -OCH3 is 4. The first-order valence-electron chi connectivity index (χ1n) is 20.6. The van der Waals surface area contributed by atoms with Gasteiger partial charge in [0.25, 0.3) is 0 Å². The molecule has 6 aromatic carbocycles. The van der Waals surface area contributed by atoms with Crippen molar-refractivity contribution in [1.29, 1.82) is 0 Å². The van der Waals surface area contributed by atoms with Gasteiger partial charge in [0.05, 0.1) is 52.8 Å². The number of ketones is 2. The Kier molecular flexibility index (Phi) is 15.4. The third-order valence-corrected chi connectivity index (χ3v) is 11.9. The summed E-state index contributed by atoms with van der Waals surface area (Å²) in [4.78, 5) is 25.7. The molecule has 1 aliphatic rings. The molecule has 0 amide bonds. The number of carbonyl (C=O) groups is 2. The van der Waals surface area contributed by atoms with Crippen LogP contribution in [0.3, 0.4) is 0 Å². The van der Waals surface area contributed by atoms with E-state index in [0.717, 1.165) is 11.1 Å². The Morgan fingerprint density at radius 3 is 1.17 bits per heavy atom. The van der Waals surface area contributed by atoms with Crippen molar-refractivity contribution in [2.24, 2.45) is 0 Å². The monoisotopic (exact) mass is 938 g/mol. The molecular weight excluding hydrogens is 890 g/mol. The molecule has 0 N–H and O–H groups in total. The van der Waals surface area contributed by atoms with Crippen LogP contribution in [0.4, 0.5) is 0 Å². The lowest BCUT2D eigenvalue weighted by molar-refractivity contribution is 0.100. The highest BCUT2D eigenvalue weighted by molar-refractivity contribution is 7.43. The third-order valence-electron chi connectivity index (χ3n) is 9.78. The first kappa shape index (κ1) is 46.9. The normalized spacial score (nSPS) is 11.3. The molecule has 0 atom stereocenters. The van der Waals surface area contributed by atoms with E-state index in [4.69, 9.17) is 60.3 Å². The minimum Gasteiger partial charge on any atom is -0.497 e. The maximum absolute atomic E-state index is 12.8. The van der Waals surface area contributed by atoms with Gasteiger partial charge in [0.15, 0.2) is 57.6 Å². The Balaban J connectivity index is 1.27. The minimum absolute atomic E-state index is 0.132. The van der Waals surface area contributed by atoms with Crippen molar-refractivity contribution in [3.8, 4) is 80.5 Å². The summed E-state index contributed by atoms with van der Waals surface area (Å²) in [5.74, 6) is 4.28. The van der Waals surface area contributed by atoms with Gasteiger partial charge in [-0.1, -0.05) is 24.3 Å². The van der Waals surface area contributed by atoms with Crippen LogP contribution in [0.1, 0.15) is 59.5 Å². The molecule has 0 unspecified atom stereocenters. The number of para-hydroxylation sites is 2. The summed E-state index contributed by atoms with van der Waals surface area (Å²) >= 11 is 0. The van der Waals surface area contributed by atoms with Gasteiger partial charge < -0.3 is 60.3 Å². The molecule has 6 aromatic rings. The van der Waals surface area contributed by atoms with Gasteiger partial charge in [-0.25, -0.2) is 0 Å². The lowest BCUT2D eigenvalue weighted by atomic mass is 10.00. The summed E-state index contributed by atoms with van der Waals surface area (Å²) in [7, 11) is 1.24. The molecule has 0 aromatic heterocycles. The van der Waals surface area contributed by atoms with Gasteiger partial charge in [-0.05, 0) is 88.4 Å². The van der Waals surface area contributed by atoms with E-state index in [1.165, 1.54) is 28.1 Å². The summed E-state index contributed by atoms with van der Waals surface area (Å²) in [5, 5.41) is 0. The number of rotatable bonds is 22. The third kappa shape index (κ3) is 11.0. The first-order chi connectivity index (χ1) is 32.0. The van der Waals surface area contributed by atoms with Gasteiger partial charge >= 0.3 is 17.2 Å². The second kappa shape index (κ2) is 21.7. The largest absolute Gasteiger partial charge is 0.530 e. The van der Waals surface area contributed by atoms with Gasteiger partial charge in [0.2, 0.25) is 0 Å². The molecule has 7 rings (SSSR count). The second-order valence-electron chi connectivity index (χ2n) is 14.1. The molecule has 0 saturated carbocycles. The molecule has 17 heteroatoms. The predicted octanol–water partition coefficient (Wildman–Crippen LogP) is 12.1. The van der Waals surface area contributed by atoms with Crippen LogP contribution in [0.2, 0.25) is 0 Å². The van der Waals surface area contributed by atoms with E-state index in [2.05, 4.69) is 0 Å². The van der Waals surface area contributed by atoms with Crippen LogP contribution in [0, 0.1) is 0 Å². The summed E-state index contributed by atoms with van der Waals surface area (Å²) < 4.78 is 79.7. The van der Waals surface area contributed by atoms with Crippen molar-refractivity contribution in [3.05, 3.63) is 131 Å². The maximum Gasteiger partial charge on any atom is 0.530 e. The molecule has 0 radical (unpaired) electrons. The Bertz CT molecular complexity index is 2560. The quantitative estimate of drug-likeness (QED) is 0.0467. The van der Waals surface area contributed by atoms with Crippen LogP contribution in [0.15, 0.2) is 109 Å². The number of benzene rings is 6. The number of Topliss-reactive ketones (excluding diaryl/α,β-unsaturated/α-hetero) is 2. The van der Waals surface area contributed by atoms with E-state index >= 15 is 0 Å². The second-order valence-corrected chi connectivity index (χ2v) is 16.1. The van der Waals surface area contributed by atoms with E-state index in [0.29, 0.717) is 77.1 Å². The van der Waals surface area contributed by atoms with E-state index in [1.807, 2.05) is 38.1 Å². The molecular formula is C49H48O15P2. The Morgan fingerprint density at radius 1 is 0.455 bits per heavy atom. The van der Waals surface area contributed by atoms with Gasteiger partial charge in [-0.15, -0.1) is 0 Å². The molecule has 1 heterocycles. The van der Waals surface area contributed by atoms with E-state index in [9.17, 15) is 9.59 Å². The summed E-state index contributed by atoms with van der Waals surface area (Å²) in [6.07, 6.45) is 0.405. The van der Waals surface area contributed by atoms with Gasteiger partial charge in [-0.2, -0.15) is 0 Å². The molecule has 66 heavy (non-hydrogen) atoms. The van der Waals surface area contributed by atoms with Crippen molar-refractivity contribution in [2.75, 3.05) is 41.7 Å². The lowest BCUT2D eigenvalue weighted by Gasteiger charge is -2.27. The molecule has 0 fully saturated rings. The van der Waals surface area contributed by atoms with Gasteiger partial charge in [0.1, 0.15) is 34.5 Å². The lowest BCUT2D eigenvalue weighted by Crippen LogP contribution is -2.10. The zero-order valence-corrected chi connectivity index (χ0v) is 39.3. The summed E-state index contributed by atoms with van der Waals surface area (Å²) in [5.41, 5.74) is 2.06.